The highest BCUT2D eigenvalue weighted by molar-refractivity contribution is 5.87. The van der Waals surface area contributed by atoms with Crippen LogP contribution < -0.4 is 5.32 Å². The third kappa shape index (κ3) is 3.39. The van der Waals surface area contributed by atoms with Crippen molar-refractivity contribution in [2.75, 3.05) is 19.0 Å². The van der Waals surface area contributed by atoms with Gasteiger partial charge >= 0.3 is 5.97 Å². The molecule has 0 aliphatic carbocycles. The Balaban J connectivity index is 1.98. The van der Waals surface area contributed by atoms with Gasteiger partial charge in [0.1, 0.15) is 0 Å². The Morgan fingerprint density at radius 3 is 2.70 bits per heavy atom. The number of hydrogen-bond donors (Lipinski definition) is 2. The molecule has 0 aliphatic heterocycles. The van der Waals surface area contributed by atoms with E-state index in [0.717, 1.165) is 16.8 Å². The lowest BCUT2D eigenvalue weighted by Gasteiger charge is -2.07. The number of hydrogen-bond acceptors (Lipinski definition) is 5. The smallest absolute Gasteiger partial charge is 0.374 e. The van der Waals surface area contributed by atoms with Crippen molar-refractivity contribution in [2.45, 2.75) is 13.0 Å². The molecule has 5 nitrogen and oxygen atoms in total. The van der Waals surface area contributed by atoms with E-state index in [1.54, 1.807) is 6.07 Å². The zero-order valence-corrected chi connectivity index (χ0v) is 11.3. The van der Waals surface area contributed by atoms with Gasteiger partial charge in [-0.2, -0.15) is 0 Å². The standard InChI is InChI=1S/C15H17NO4/c1-19-15(18)14-12(7-9-20-14)10-16-13-4-2-11(3-5-13)6-8-17/h2-5,7,9,16-17H,6,8,10H2,1H3. The first kappa shape index (κ1) is 14.1. The molecule has 0 spiro atoms. The number of aliphatic hydroxyl groups is 1. The van der Waals surface area contributed by atoms with Gasteiger partial charge in [-0.05, 0) is 30.2 Å². The van der Waals surface area contributed by atoms with E-state index in [1.165, 1.54) is 13.4 Å². The zero-order chi connectivity index (χ0) is 14.4. The van der Waals surface area contributed by atoms with Gasteiger partial charge in [-0.1, -0.05) is 12.1 Å². The molecule has 0 aliphatic rings. The number of nitrogens with one attached hydrogen (secondary N) is 1. The molecule has 1 heterocycles. The average Bonchev–Trinajstić information content (AvgIpc) is 2.94. The number of carbonyl (C=O) groups is 1. The number of esters is 1. The molecule has 2 N–H and O–H groups in total. The molecular weight excluding hydrogens is 258 g/mol. The summed E-state index contributed by atoms with van der Waals surface area (Å²) >= 11 is 0. The summed E-state index contributed by atoms with van der Waals surface area (Å²) in [6, 6.07) is 9.51. The van der Waals surface area contributed by atoms with Gasteiger partial charge in [0, 0.05) is 24.4 Å². The summed E-state index contributed by atoms with van der Waals surface area (Å²) in [5.41, 5.74) is 2.76. The van der Waals surface area contributed by atoms with Crippen molar-refractivity contribution in [3.05, 3.63) is 53.5 Å². The lowest BCUT2D eigenvalue weighted by Crippen LogP contribution is -2.06. The predicted octanol–water partition coefficient (Wildman–Crippen LogP) is 2.21. The molecule has 5 heteroatoms. The third-order valence-electron chi connectivity index (χ3n) is 2.95. The lowest BCUT2D eigenvalue weighted by molar-refractivity contribution is 0.0563. The normalized spacial score (nSPS) is 10.3. The summed E-state index contributed by atoms with van der Waals surface area (Å²) in [5.74, 6) is -0.262. The first-order valence-electron chi connectivity index (χ1n) is 6.33. The van der Waals surface area contributed by atoms with Crippen LogP contribution in [0.5, 0.6) is 0 Å². The van der Waals surface area contributed by atoms with E-state index in [4.69, 9.17) is 9.52 Å². The molecular formula is C15H17NO4. The summed E-state index contributed by atoms with van der Waals surface area (Å²) in [6.45, 7) is 0.616. The summed E-state index contributed by atoms with van der Waals surface area (Å²) in [4.78, 5) is 11.5. The van der Waals surface area contributed by atoms with Crippen LogP contribution in [0, 0.1) is 0 Å². The van der Waals surface area contributed by atoms with Crippen molar-refractivity contribution in [1.82, 2.24) is 0 Å². The quantitative estimate of drug-likeness (QED) is 0.791. The molecule has 0 saturated carbocycles. The Kier molecular flexibility index (Phi) is 4.79. The van der Waals surface area contributed by atoms with E-state index < -0.39 is 5.97 Å². The van der Waals surface area contributed by atoms with Crippen LogP contribution in [0.1, 0.15) is 21.7 Å². The molecule has 0 atom stereocenters. The monoisotopic (exact) mass is 275 g/mol. The minimum Gasteiger partial charge on any atom is -0.463 e. The van der Waals surface area contributed by atoms with Gasteiger partial charge in [0.05, 0.1) is 13.4 Å². The molecule has 0 amide bonds. The second-order valence-corrected chi connectivity index (χ2v) is 4.29. The molecule has 2 aromatic rings. The Morgan fingerprint density at radius 2 is 2.05 bits per heavy atom. The first-order chi connectivity index (χ1) is 9.74. The van der Waals surface area contributed by atoms with Crippen LogP contribution in [-0.2, 0) is 17.7 Å². The molecule has 106 valence electrons. The fraction of sp³-hybridized carbons (Fsp3) is 0.267. The van der Waals surface area contributed by atoms with Gasteiger partial charge in [0.25, 0.3) is 0 Å². The van der Waals surface area contributed by atoms with Crippen molar-refractivity contribution in [2.24, 2.45) is 0 Å². The van der Waals surface area contributed by atoms with Crippen LogP contribution in [0.25, 0.3) is 0 Å². The van der Waals surface area contributed by atoms with Crippen LogP contribution in [-0.4, -0.2) is 24.8 Å². The third-order valence-corrected chi connectivity index (χ3v) is 2.95. The molecule has 1 aromatic heterocycles. The van der Waals surface area contributed by atoms with Gasteiger partial charge in [0.15, 0.2) is 0 Å². The molecule has 0 saturated heterocycles. The number of carbonyl (C=O) groups excluding carboxylic acids is 1. The number of rotatable bonds is 6. The molecule has 0 radical (unpaired) electrons. The predicted molar refractivity (Wildman–Crippen MR) is 74.6 cm³/mol. The number of furan rings is 1. The van der Waals surface area contributed by atoms with Gasteiger partial charge < -0.3 is 19.6 Å². The number of benzene rings is 1. The van der Waals surface area contributed by atoms with Gasteiger partial charge in [-0.3, -0.25) is 0 Å². The Hall–Kier alpha value is -2.27. The summed E-state index contributed by atoms with van der Waals surface area (Å²) in [5, 5.41) is 12.1. The van der Waals surface area contributed by atoms with E-state index in [1.807, 2.05) is 24.3 Å². The highest BCUT2D eigenvalue weighted by atomic mass is 16.5. The van der Waals surface area contributed by atoms with Gasteiger partial charge in [-0.15, -0.1) is 0 Å². The maximum Gasteiger partial charge on any atom is 0.374 e. The fourth-order valence-corrected chi connectivity index (χ4v) is 1.86. The van der Waals surface area contributed by atoms with E-state index in [2.05, 4.69) is 10.1 Å². The van der Waals surface area contributed by atoms with Gasteiger partial charge in [0.2, 0.25) is 5.76 Å². The number of ether oxygens (including phenoxy) is 1. The highest BCUT2D eigenvalue weighted by Crippen LogP contribution is 2.15. The van der Waals surface area contributed by atoms with Crippen molar-refractivity contribution >= 4 is 11.7 Å². The second kappa shape index (κ2) is 6.77. The van der Waals surface area contributed by atoms with Gasteiger partial charge in [-0.25, -0.2) is 4.79 Å². The van der Waals surface area contributed by atoms with E-state index >= 15 is 0 Å². The van der Waals surface area contributed by atoms with Crippen molar-refractivity contribution in [3.63, 3.8) is 0 Å². The van der Waals surface area contributed by atoms with Crippen molar-refractivity contribution in [1.29, 1.82) is 0 Å². The fourth-order valence-electron chi connectivity index (χ4n) is 1.86. The molecule has 1 aromatic carbocycles. The molecule has 0 unspecified atom stereocenters. The topological polar surface area (TPSA) is 71.7 Å². The Morgan fingerprint density at radius 1 is 1.30 bits per heavy atom. The van der Waals surface area contributed by atoms with Crippen molar-refractivity contribution < 1.29 is 19.1 Å². The van der Waals surface area contributed by atoms with Crippen molar-refractivity contribution in [3.8, 4) is 0 Å². The number of aliphatic hydroxyl groups excluding tert-OH is 1. The Labute approximate surface area is 117 Å². The molecule has 0 fully saturated rings. The number of methoxy groups -OCH3 is 1. The van der Waals surface area contributed by atoms with Crippen LogP contribution >= 0.6 is 0 Å². The Bertz CT molecular complexity index is 560. The average molecular weight is 275 g/mol. The zero-order valence-electron chi connectivity index (χ0n) is 11.3. The first-order valence-corrected chi connectivity index (χ1v) is 6.33. The summed E-state index contributed by atoms with van der Waals surface area (Å²) < 4.78 is 9.76. The summed E-state index contributed by atoms with van der Waals surface area (Å²) in [6.07, 6.45) is 2.11. The van der Waals surface area contributed by atoms with Crippen LogP contribution in [0.3, 0.4) is 0 Å². The molecule has 0 bridgehead atoms. The van der Waals surface area contributed by atoms with Crippen LogP contribution in [0.15, 0.2) is 41.0 Å². The maximum absolute atomic E-state index is 11.5. The minimum atomic E-state index is -0.481. The number of anilines is 1. The highest BCUT2D eigenvalue weighted by Gasteiger charge is 2.15. The largest absolute Gasteiger partial charge is 0.463 e. The molecule has 2 rings (SSSR count). The minimum absolute atomic E-state index is 0.143. The lowest BCUT2D eigenvalue weighted by atomic mass is 10.1. The van der Waals surface area contributed by atoms with Crippen LogP contribution in [0.2, 0.25) is 0 Å². The molecule has 20 heavy (non-hydrogen) atoms. The summed E-state index contributed by atoms with van der Waals surface area (Å²) in [7, 11) is 1.32. The van der Waals surface area contributed by atoms with Crippen LogP contribution in [0.4, 0.5) is 5.69 Å². The second-order valence-electron chi connectivity index (χ2n) is 4.29. The van der Waals surface area contributed by atoms with E-state index in [0.29, 0.717) is 13.0 Å². The van der Waals surface area contributed by atoms with E-state index in [9.17, 15) is 4.79 Å². The van der Waals surface area contributed by atoms with E-state index in [-0.39, 0.29) is 12.4 Å². The SMILES string of the molecule is COC(=O)c1occc1CNc1ccc(CCO)cc1. The maximum atomic E-state index is 11.5.